The monoisotopic (exact) mass is 290 g/mol. The zero-order chi connectivity index (χ0) is 14.6. The highest BCUT2D eigenvalue weighted by Gasteiger charge is 2.24. The first-order valence-electron chi connectivity index (χ1n) is 5.72. The van der Waals surface area contributed by atoms with Crippen LogP contribution in [0.5, 0.6) is 0 Å². The van der Waals surface area contributed by atoms with Gasteiger partial charge in [-0.05, 0) is 20.9 Å². The van der Waals surface area contributed by atoms with Gasteiger partial charge in [-0.25, -0.2) is 17.9 Å². The number of nitrogens with one attached hydrogen (secondary N) is 2. The number of H-pyrrole nitrogens is 1. The fraction of sp³-hybridized carbons (Fsp3) is 0.600. The minimum Gasteiger partial charge on any atom is -0.478 e. The molecule has 108 valence electrons. The maximum atomic E-state index is 11.9. The van der Waals surface area contributed by atoms with Crippen LogP contribution in [0.1, 0.15) is 24.2 Å². The first kappa shape index (κ1) is 15.6. The molecule has 0 fully saturated rings. The lowest BCUT2D eigenvalue weighted by atomic mass is 10.3. The lowest BCUT2D eigenvalue weighted by Gasteiger charge is -2.20. The van der Waals surface area contributed by atoms with Gasteiger partial charge in [-0.1, -0.05) is 0 Å². The number of carboxylic acid groups (broad SMARTS) is 1. The van der Waals surface area contributed by atoms with Crippen molar-refractivity contribution in [2.45, 2.75) is 24.9 Å². The number of hydrogen-bond donors (Lipinski definition) is 3. The summed E-state index contributed by atoms with van der Waals surface area (Å²) in [5.74, 6) is -1.34. The fourth-order valence-corrected chi connectivity index (χ4v) is 2.42. The molecule has 0 atom stereocenters. The summed E-state index contributed by atoms with van der Waals surface area (Å²) in [4.78, 5) is 12.8. The third kappa shape index (κ3) is 4.01. The number of hydrogen-bond acceptors (Lipinski definition) is 5. The summed E-state index contributed by atoms with van der Waals surface area (Å²) in [6, 6.07) is 0.297. The van der Waals surface area contributed by atoms with E-state index in [0.29, 0.717) is 12.6 Å². The van der Waals surface area contributed by atoms with Gasteiger partial charge in [0.2, 0.25) is 0 Å². The van der Waals surface area contributed by atoms with Crippen LogP contribution in [-0.2, 0) is 10.0 Å². The molecule has 1 rings (SSSR count). The molecule has 0 amide bonds. The molecule has 0 aliphatic heterocycles. The van der Waals surface area contributed by atoms with Crippen molar-refractivity contribution >= 4 is 16.0 Å². The zero-order valence-corrected chi connectivity index (χ0v) is 11.9. The molecule has 1 heterocycles. The molecule has 1 aromatic rings. The summed E-state index contributed by atoms with van der Waals surface area (Å²) in [7, 11) is -2.02. The molecule has 0 aliphatic carbocycles. The van der Waals surface area contributed by atoms with E-state index in [1.54, 1.807) is 0 Å². The topological polar surface area (TPSA) is 115 Å². The second kappa shape index (κ2) is 6.13. The van der Waals surface area contributed by atoms with Crippen LogP contribution in [0.15, 0.2) is 11.2 Å². The molecule has 0 saturated heterocycles. The summed E-state index contributed by atoms with van der Waals surface area (Å²) < 4.78 is 26.1. The Morgan fingerprint density at radius 3 is 2.74 bits per heavy atom. The average Bonchev–Trinajstić information content (AvgIpc) is 2.77. The van der Waals surface area contributed by atoms with Crippen LogP contribution in [0.2, 0.25) is 0 Å². The Kier molecular flexibility index (Phi) is 5.04. The maximum Gasteiger partial charge on any atom is 0.340 e. The van der Waals surface area contributed by atoms with Gasteiger partial charge in [-0.2, -0.15) is 5.10 Å². The minimum absolute atomic E-state index is 0.190. The molecule has 0 spiro atoms. The van der Waals surface area contributed by atoms with E-state index in [1.165, 1.54) is 0 Å². The number of carboxylic acids is 1. The van der Waals surface area contributed by atoms with Crippen LogP contribution >= 0.6 is 0 Å². The van der Waals surface area contributed by atoms with Gasteiger partial charge in [0.25, 0.3) is 10.0 Å². The highest BCUT2D eigenvalue weighted by molar-refractivity contribution is 7.89. The third-order valence-corrected chi connectivity index (χ3v) is 4.17. The summed E-state index contributed by atoms with van der Waals surface area (Å²) in [5.41, 5.74) is -0.371. The molecule has 0 aromatic carbocycles. The second-order valence-electron chi connectivity index (χ2n) is 4.39. The molecule has 0 radical (unpaired) electrons. The molecule has 0 saturated carbocycles. The summed E-state index contributed by atoms with van der Waals surface area (Å²) in [6.07, 6.45) is 0.969. The van der Waals surface area contributed by atoms with Crippen LogP contribution in [0.4, 0.5) is 0 Å². The number of rotatable bonds is 7. The number of nitrogens with zero attached hydrogens (tertiary/aromatic N) is 2. The van der Waals surface area contributed by atoms with E-state index in [4.69, 9.17) is 5.11 Å². The first-order valence-corrected chi connectivity index (χ1v) is 7.20. The van der Waals surface area contributed by atoms with Crippen molar-refractivity contribution in [1.29, 1.82) is 0 Å². The van der Waals surface area contributed by atoms with Gasteiger partial charge < -0.3 is 10.0 Å². The van der Waals surface area contributed by atoms with Crippen molar-refractivity contribution in [3.63, 3.8) is 0 Å². The highest BCUT2D eigenvalue weighted by atomic mass is 32.2. The molecule has 0 bridgehead atoms. The van der Waals surface area contributed by atoms with E-state index in [9.17, 15) is 13.2 Å². The Labute approximate surface area is 111 Å². The van der Waals surface area contributed by atoms with E-state index in [2.05, 4.69) is 14.9 Å². The standard InChI is InChI=1S/C10H18N4O4S/c1-7(2)14(3)5-4-12-19(17,18)9-8(10(15)16)6-11-13-9/h6-7,12H,4-5H2,1-3H3,(H,11,13)(H,15,16). The molecule has 19 heavy (non-hydrogen) atoms. The zero-order valence-electron chi connectivity index (χ0n) is 11.0. The molecular formula is C10H18N4O4S. The second-order valence-corrected chi connectivity index (χ2v) is 6.09. The van der Waals surface area contributed by atoms with Crippen LogP contribution in [-0.4, -0.2) is 60.8 Å². The first-order chi connectivity index (χ1) is 8.75. The summed E-state index contributed by atoms with van der Waals surface area (Å²) in [6.45, 7) is 4.69. The Hall–Kier alpha value is -1.45. The van der Waals surface area contributed by atoms with Gasteiger partial charge in [0, 0.05) is 19.1 Å². The number of aromatic nitrogens is 2. The molecule has 0 unspecified atom stereocenters. The number of carbonyl (C=O) groups is 1. The van der Waals surface area contributed by atoms with Gasteiger partial charge in [0.15, 0.2) is 5.03 Å². The Morgan fingerprint density at radius 2 is 2.21 bits per heavy atom. The van der Waals surface area contributed by atoms with Crippen molar-refractivity contribution in [2.24, 2.45) is 0 Å². The Morgan fingerprint density at radius 1 is 1.58 bits per heavy atom. The predicted octanol–water partition coefficient (Wildman–Crippen LogP) is -0.274. The van der Waals surface area contributed by atoms with E-state index < -0.39 is 21.0 Å². The molecule has 0 aliphatic rings. The number of aromatic carboxylic acids is 1. The largest absolute Gasteiger partial charge is 0.478 e. The van der Waals surface area contributed by atoms with E-state index in [1.807, 2.05) is 25.8 Å². The van der Waals surface area contributed by atoms with Crippen LogP contribution in [0.3, 0.4) is 0 Å². The molecular weight excluding hydrogens is 272 g/mol. The van der Waals surface area contributed by atoms with Crippen molar-refractivity contribution in [3.8, 4) is 0 Å². The van der Waals surface area contributed by atoms with Crippen molar-refractivity contribution in [3.05, 3.63) is 11.8 Å². The predicted molar refractivity (Wildman–Crippen MR) is 68.5 cm³/mol. The fourth-order valence-electron chi connectivity index (χ4n) is 1.32. The number of aromatic amines is 1. The molecule has 3 N–H and O–H groups in total. The lowest BCUT2D eigenvalue weighted by Crippen LogP contribution is -2.36. The van der Waals surface area contributed by atoms with Crippen LogP contribution < -0.4 is 4.72 Å². The van der Waals surface area contributed by atoms with Gasteiger partial charge in [0.05, 0.1) is 6.20 Å². The third-order valence-electron chi connectivity index (χ3n) is 2.74. The van der Waals surface area contributed by atoms with Crippen LogP contribution in [0.25, 0.3) is 0 Å². The van der Waals surface area contributed by atoms with E-state index >= 15 is 0 Å². The number of sulfonamides is 1. The Bertz CT molecular complexity index is 537. The summed E-state index contributed by atoms with van der Waals surface area (Å²) in [5, 5.41) is 14.1. The lowest BCUT2D eigenvalue weighted by molar-refractivity contribution is 0.0692. The van der Waals surface area contributed by atoms with Gasteiger partial charge in [-0.3, -0.25) is 5.10 Å². The quantitative estimate of drug-likeness (QED) is 0.636. The summed E-state index contributed by atoms with van der Waals surface area (Å²) >= 11 is 0. The van der Waals surface area contributed by atoms with Crippen molar-refractivity contribution in [2.75, 3.05) is 20.1 Å². The number of likely N-dealkylation sites (N-methyl/N-ethyl adjacent to an activating group) is 1. The molecule has 8 nitrogen and oxygen atoms in total. The SMILES string of the molecule is CC(C)N(C)CCNS(=O)(=O)c1[nH]ncc1C(=O)O. The van der Waals surface area contributed by atoms with E-state index in [-0.39, 0.29) is 12.1 Å². The Balaban J connectivity index is 2.72. The van der Waals surface area contributed by atoms with Gasteiger partial charge in [-0.15, -0.1) is 0 Å². The molecule has 1 aromatic heterocycles. The molecule has 9 heteroatoms. The van der Waals surface area contributed by atoms with Crippen molar-refractivity contribution in [1.82, 2.24) is 19.8 Å². The van der Waals surface area contributed by atoms with Crippen LogP contribution in [0, 0.1) is 0 Å². The highest BCUT2D eigenvalue weighted by Crippen LogP contribution is 2.11. The van der Waals surface area contributed by atoms with Gasteiger partial charge in [0.1, 0.15) is 5.56 Å². The normalized spacial score (nSPS) is 12.3. The van der Waals surface area contributed by atoms with Crippen molar-refractivity contribution < 1.29 is 18.3 Å². The maximum absolute atomic E-state index is 11.9. The average molecular weight is 290 g/mol. The minimum atomic E-state index is -3.89. The van der Waals surface area contributed by atoms with E-state index in [0.717, 1.165) is 6.20 Å². The van der Waals surface area contributed by atoms with Gasteiger partial charge >= 0.3 is 5.97 Å². The smallest absolute Gasteiger partial charge is 0.340 e.